The highest BCUT2D eigenvalue weighted by molar-refractivity contribution is 5.28. The summed E-state index contributed by atoms with van der Waals surface area (Å²) in [6.07, 6.45) is 2.79. The maximum atomic E-state index is 5.67. The molecule has 6 nitrogen and oxygen atoms in total. The van der Waals surface area contributed by atoms with Crippen molar-refractivity contribution in [3.8, 4) is 5.75 Å². The quantitative estimate of drug-likeness (QED) is 0.653. The lowest BCUT2D eigenvalue weighted by Gasteiger charge is -2.20. The minimum atomic E-state index is 0.0844. The predicted octanol–water partition coefficient (Wildman–Crippen LogP) is 1.14. The number of aromatic nitrogens is 2. The van der Waals surface area contributed by atoms with Crippen LogP contribution in [-0.4, -0.2) is 62.7 Å². The SMILES string of the molecule is CCCOCC(NC)c1c(OC)cnn1CCN(C)C. The molecule has 0 radical (unpaired) electrons. The van der Waals surface area contributed by atoms with Crippen LogP contribution in [0.15, 0.2) is 6.20 Å². The number of likely N-dealkylation sites (N-methyl/N-ethyl adjacent to an activating group) is 2. The Labute approximate surface area is 122 Å². The zero-order chi connectivity index (χ0) is 15.0. The Bertz CT molecular complexity index is 379. The number of nitrogens with zero attached hydrogens (tertiary/aromatic N) is 3. The molecule has 0 saturated carbocycles. The topological polar surface area (TPSA) is 51.5 Å². The van der Waals surface area contributed by atoms with Crippen molar-refractivity contribution < 1.29 is 9.47 Å². The molecule has 0 bridgehead atoms. The van der Waals surface area contributed by atoms with Crippen LogP contribution in [0, 0.1) is 0 Å². The van der Waals surface area contributed by atoms with Gasteiger partial charge in [0.05, 0.1) is 38.2 Å². The van der Waals surface area contributed by atoms with E-state index in [-0.39, 0.29) is 6.04 Å². The van der Waals surface area contributed by atoms with Crippen LogP contribution < -0.4 is 10.1 Å². The summed E-state index contributed by atoms with van der Waals surface area (Å²) >= 11 is 0. The van der Waals surface area contributed by atoms with E-state index in [1.807, 2.05) is 11.7 Å². The van der Waals surface area contributed by atoms with Gasteiger partial charge in [-0.1, -0.05) is 6.92 Å². The Balaban J connectivity index is 2.83. The number of ether oxygens (including phenoxy) is 2. The molecule has 1 heterocycles. The molecule has 0 aromatic carbocycles. The molecule has 0 aliphatic carbocycles. The van der Waals surface area contributed by atoms with E-state index >= 15 is 0 Å². The van der Waals surface area contributed by atoms with Gasteiger partial charge in [-0.25, -0.2) is 0 Å². The van der Waals surface area contributed by atoms with Crippen LogP contribution in [-0.2, 0) is 11.3 Å². The molecule has 1 N–H and O–H groups in total. The summed E-state index contributed by atoms with van der Waals surface area (Å²) in [5.41, 5.74) is 1.05. The highest BCUT2D eigenvalue weighted by atomic mass is 16.5. The molecule has 1 rings (SSSR count). The van der Waals surface area contributed by atoms with E-state index in [0.29, 0.717) is 6.61 Å². The number of methoxy groups -OCH3 is 1. The maximum absolute atomic E-state index is 5.67. The van der Waals surface area contributed by atoms with Gasteiger partial charge >= 0.3 is 0 Å². The van der Waals surface area contributed by atoms with Crippen molar-refractivity contribution in [2.24, 2.45) is 0 Å². The van der Waals surface area contributed by atoms with Crippen LogP contribution in [0.4, 0.5) is 0 Å². The van der Waals surface area contributed by atoms with Crippen LogP contribution in [0.25, 0.3) is 0 Å². The van der Waals surface area contributed by atoms with Crippen molar-refractivity contribution in [1.29, 1.82) is 0 Å². The fraction of sp³-hybridized carbons (Fsp3) is 0.786. The first-order chi connectivity index (χ1) is 9.63. The maximum Gasteiger partial charge on any atom is 0.161 e. The molecule has 0 saturated heterocycles. The van der Waals surface area contributed by atoms with Crippen LogP contribution in [0.2, 0.25) is 0 Å². The summed E-state index contributed by atoms with van der Waals surface area (Å²) in [7, 11) is 7.72. The minimum absolute atomic E-state index is 0.0844. The van der Waals surface area contributed by atoms with Gasteiger partial charge in [0.25, 0.3) is 0 Å². The van der Waals surface area contributed by atoms with E-state index in [2.05, 4.69) is 36.3 Å². The Morgan fingerprint density at radius 3 is 2.75 bits per heavy atom. The van der Waals surface area contributed by atoms with Gasteiger partial charge < -0.3 is 19.7 Å². The minimum Gasteiger partial charge on any atom is -0.493 e. The van der Waals surface area contributed by atoms with Gasteiger partial charge in [0.15, 0.2) is 5.75 Å². The largest absolute Gasteiger partial charge is 0.493 e. The monoisotopic (exact) mass is 284 g/mol. The number of nitrogens with one attached hydrogen (secondary N) is 1. The molecule has 116 valence electrons. The van der Waals surface area contributed by atoms with Crippen molar-refractivity contribution in [2.45, 2.75) is 25.9 Å². The molecular weight excluding hydrogens is 256 g/mol. The van der Waals surface area contributed by atoms with Crippen LogP contribution in [0.3, 0.4) is 0 Å². The third-order valence-corrected chi connectivity index (χ3v) is 3.14. The molecule has 20 heavy (non-hydrogen) atoms. The highest BCUT2D eigenvalue weighted by Gasteiger charge is 2.20. The van der Waals surface area contributed by atoms with Crippen molar-refractivity contribution in [1.82, 2.24) is 20.0 Å². The molecular formula is C14H28N4O2. The second-order valence-corrected chi connectivity index (χ2v) is 5.04. The average Bonchev–Trinajstić information content (AvgIpc) is 2.84. The number of hydrogen-bond donors (Lipinski definition) is 1. The zero-order valence-corrected chi connectivity index (χ0v) is 13.3. The van der Waals surface area contributed by atoms with Crippen molar-refractivity contribution in [3.05, 3.63) is 11.9 Å². The van der Waals surface area contributed by atoms with E-state index in [0.717, 1.165) is 37.6 Å². The summed E-state index contributed by atoms with van der Waals surface area (Å²) < 4.78 is 13.1. The van der Waals surface area contributed by atoms with Gasteiger partial charge in [0, 0.05) is 13.2 Å². The fourth-order valence-electron chi connectivity index (χ4n) is 2.00. The van der Waals surface area contributed by atoms with E-state index in [9.17, 15) is 0 Å². The van der Waals surface area contributed by atoms with E-state index in [1.54, 1.807) is 13.3 Å². The lowest BCUT2D eigenvalue weighted by atomic mass is 10.2. The molecule has 0 amide bonds. The van der Waals surface area contributed by atoms with E-state index in [4.69, 9.17) is 9.47 Å². The van der Waals surface area contributed by atoms with Gasteiger partial charge in [0.2, 0.25) is 0 Å². The van der Waals surface area contributed by atoms with Gasteiger partial charge in [-0.15, -0.1) is 0 Å². The van der Waals surface area contributed by atoms with Gasteiger partial charge in [0.1, 0.15) is 0 Å². The van der Waals surface area contributed by atoms with E-state index < -0.39 is 0 Å². The Kier molecular flexibility index (Phi) is 7.58. The fourth-order valence-corrected chi connectivity index (χ4v) is 2.00. The first-order valence-corrected chi connectivity index (χ1v) is 7.13. The van der Waals surface area contributed by atoms with Crippen LogP contribution >= 0.6 is 0 Å². The summed E-state index contributed by atoms with van der Waals surface area (Å²) in [6, 6.07) is 0.0844. The molecule has 0 aliphatic rings. The second kappa shape index (κ2) is 8.94. The Morgan fingerprint density at radius 2 is 2.20 bits per heavy atom. The molecule has 1 unspecified atom stereocenters. The summed E-state index contributed by atoms with van der Waals surface area (Å²) in [5.74, 6) is 0.809. The summed E-state index contributed by atoms with van der Waals surface area (Å²) in [5, 5.41) is 7.71. The van der Waals surface area contributed by atoms with Crippen LogP contribution in [0.5, 0.6) is 5.75 Å². The van der Waals surface area contributed by atoms with Crippen molar-refractivity contribution in [2.75, 3.05) is 48.0 Å². The molecule has 0 fully saturated rings. The van der Waals surface area contributed by atoms with E-state index in [1.165, 1.54) is 0 Å². The third kappa shape index (κ3) is 4.77. The molecule has 6 heteroatoms. The molecule has 0 aliphatic heterocycles. The predicted molar refractivity (Wildman–Crippen MR) is 80.2 cm³/mol. The van der Waals surface area contributed by atoms with Crippen molar-refractivity contribution in [3.63, 3.8) is 0 Å². The van der Waals surface area contributed by atoms with Gasteiger partial charge in [-0.2, -0.15) is 5.10 Å². The lowest BCUT2D eigenvalue weighted by molar-refractivity contribution is 0.110. The summed E-state index contributed by atoms with van der Waals surface area (Å²) in [6.45, 7) is 5.26. The normalized spacial score (nSPS) is 12.9. The molecule has 1 atom stereocenters. The van der Waals surface area contributed by atoms with Crippen molar-refractivity contribution >= 4 is 0 Å². The molecule has 1 aromatic rings. The Morgan fingerprint density at radius 1 is 1.45 bits per heavy atom. The van der Waals surface area contributed by atoms with Crippen LogP contribution in [0.1, 0.15) is 25.1 Å². The summed E-state index contributed by atoms with van der Waals surface area (Å²) in [4.78, 5) is 2.14. The standard InChI is InChI=1S/C14H28N4O2/c1-6-9-20-11-12(15-2)14-13(19-5)10-16-18(14)8-7-17(3)4/h10,12,15H,6-9,11H2,1-5H3. The smallest absolute Gasteiger partial charge is 0.161 e. The zero-order valence-electron chi connectivity index (χ0n) is 13.3. The number of rotatable bonds is 10. The van der Waals surface area contributed by atoms with Gasteiger partial charge in [-0.3, -0.25) is 4.68 Å². The average molecular weight is 284 g/mol. The highest BCUT2D eigenvalue weighted by Crippen LogP contribution is 2.25. The molecule has 1 aromatic heterocycles. The Hall–Kier alpha value is -1.11. The second-order valence-electron chi connectivity index (χ2n) is 5.04. The third-order valence-electron chi connectivity index (χ3n) is 3.14. The first-order valence-electron chi connectivity index (χ1n) is 7.13. The lowest BCUT2D eigenvalue weighted by Crippen LogP contribution is -2.27. The first kappa shape index (κ1) is 16.9. The van der Waals surface area contributed by atoms with Gasteiger partial charge in [-0.05, 0) is 27.6 Å². The number of hydrogen-bond acceptors (Lipinski definition) is 5. The molecule has 0 spiro atoms.